The van der Waals surface area contributed by atoms with Crippen LogP contribution in [0.3, 0.4) is 0 Å². The number of rotatable bonds is 2. The minimum atomic E-state index is -0.0735. The van der Waals surface area contributed by atoms with E-state index in [-0.39, 0.29) is 5.41 Å². The van der Waals surface area contributed by atoms with E-state index >= 15 is 0 Å². The third-order valence-corrected chi connectivity index (χ3v) is 3.29. The number of aromatic nitrogens is 4. The Morgan fingerprint density at radius 1 is 1.28 bits per heavy atom. The summed E-state index contributed by atoms with van der Waals surface area (Å²) in [6, 6.07) is 0. The van der Waals surface area contributed by atoms with Crippen molar-refractivity contribution >= 4 is 0 Å². The lowest BCUT2D eigenvalue weighted by atomic mass is 9.90. The fraction of sp³-hybridized carbons (Fsp3) is 0.500. The molecule has 1 aliphatic heterocycles. The van der Waals surface area contributed by atoms with Crippen molar-refractivity contribution in [2.24, 2.45) is 0 Å². The molecule has 0 bridgehead atoms. The fourth-order valence-corrected chi connectivity index (χ4v) is 2.07. The standard InChI is InChI=1S/C12H15N5O/c1-8-5-14-9(15-6-8)10-16-11(18-17-10)12(2)3-4-13-7-12/h5-6,13H,3-4,7H2,1-2H3. The van der Waals surface area contributed by atoms with Crippen LogP contribution < -0.4 is 5.32 Å². The lowest BCUT2D eigenvalue weighted by Gasteiger charge is -2.15. The van der Waals surface area contributed by atoms with Crippen molar-refractivity contribution in [1.29, 1.82) is 0 Å². The van der Waals surface area contributed by atoms with Gasteiger partial charge >= 0.3 is 0 Å². The van der Waals surface area contributed by atoms with Crippen LogP contribution in [0.1, 0.15) is 24.8 Å². The Kier molecular flexibility index (Phi) is 2.59. The maximum atomic E-state index is 5.36. The first kappa shape index (κ1) is 11.3. The van der Waals surface area contributed by atoms with Crippen LogP contribution in [0.5, 0.6) is 0 Å². The van der Waals surface area contributed by atoms with E-state index in [2.05, 4.69) is 32.3 Å². The van der Waals surface area contributed by atoms with E-state index in [0.717, 1.165) is 25.1 Å². The van der Waals surface area contributed by atoms with Crippen LogP contribution >= 0.6 is 0 Å². The van der Waals surface area contributed by atoms with Crippen LogP contribution in [0, 0.1) is 6.92 Å². The molecule has 94 valence electrons. The van der Waals surface area contributed by atoms with Gasteiger partial charge < -0.3 is 9.84 Å². The van der Waals surface area contributed by atoms with Crippen molar-refractivity contribution < 1.29 is 4.52 Å². The molecule has 1 fully saturated rings. The zero-order valence-corrected chi connectivity index (χ0v) is 10.5. The minimum absolute atomic E-state index is 0.0735. The molecule has 0 spiro atoms. The van der Waals surface area contributed by atoms with E-state index in [1.807, 2.05) is 6.92 Å². The number of hydrogen-bond donors (Lipinski definition) is 1. The smallest absolute Gasteiger partial charge is 0.240 e. The molecule has 0 aliphatic carbocycles. The second kappa shape index (κ2) is 4.13. The van der Waals surface area contributed by atoms with Crippen LogP contribution in [0.4, 0.5) is 0 Å². The van der Waals surface area contributed by atoms with Gasteiger partial charge in [0.2, 0.25) is 17.5 Å². The highest BCUT2D eigenvalue weighted by Gasteiger charge is 2.36. The molecule has 6 nitrogen and oxygen atoms in total. The first-order valence-electron chi connectivity index (χ1n) is 6.01. The summed E-state index contributed by atoms with van der Waals surface area (Å²) in [6.45, 7) is 5.91. The van der Waals surface area contributed by atoms with E-state index < -0.39 is 0 Å². The van der Waals surface area contributed by atoms with Gasteiger partial charge in [0.25, 0.3) is 0 Å². The first-order chi connectivity index (χ1) is 8.67. The van der Waals surface area contributed by atoms with Crippen LogP contribution in [0.25, 0.3) is 11.6 Å². The van der Waals surface area contributed by atoms with Crippen molar-refractivity contribution in [2.75, 3.05) is 13.1 Å². The predicted molar refractivity (Wildman–Crippen MR) is 64.9 cm³/mol. The molecular formula is C12H15N5O. The molecule has 1 saturated heterocycles. The monoisotopic (exact) mass is 245 g/mol. The number of aryl methyl sites for hydroxylation is 1. The van der Waals surface area contributed by atoms with E-state index in [0.29, 0.717) is 17.5 Å². The van der Waals surface area contributed by atoms with E-state index in [1.165, 1.54) is 0 Å². The third-order valence-electron chi connectivity index (χ3n) is 3.29. The lowest BCUT2D eigenvalue weighted by Crippen LogP contribution is -2.25. The van der Waals surface area contributed by atoms with Gasteiger partial charge in [0, 0.05) is 18.9 Å². The van der Waals surface area contributed by atoms with Gasteiger partial charge in [0.15, 0.2) is 0 Å². The summed E-state index contributed by atoms with van der Waals surface area (Å²) < 4.78 is 5.36. The molecule has 2 aromatic heterocycles. The van der Waals surface area contributed by atoms with Crippen LogP contribution in [-0.4, -0.2) is 33.2 Å². The second-order valence-corrected chi connectivity index (χ2v) is 4.99. The Hall–Kier alpha value is -1.82. The molecule has 2 aromatic rings. The number of hydrogen-bond acceptors (Lipinski definition) is 6. The van der Waals surface area contributed by atoms with E-state index in [1.54, 1.807) is 12.4 Å². The van der Waals surface area contributed by atoms with Crippen LogP contribution in [0.2, 0.25) is 0 Å². The SMILES string of the molecule is Cc1cnc(-c2noc(C3(C)CCNC3)n2)nc1. The van der Waals surface area contributed by atoms with Gasteiger partial charge in [-0.1, -0.05) is 5.16 Å². The van der Waals surface area contributed by atoms with E-state index in [4.69, 9.17) is 4.52 Å². The Labute approximate surface area is 105 Å². The van der Waals surface area contributed by atoms with Crippen LogP contribution in [0.15, 0.2) is 16.9 Å². The zero-order chi connectivity index (χ0) is 12.6. The summed E-state index contributed by atoms with van der Waals surface area (Å²) in [4.78, 5) is 12.8. The topological polar surface area (TPSA) is 76.7 Å². The van der Waals surface area contributed by atoms with E-state index in [9.17, 15) is 0 Å². The minimum Gasteiger partial charge on any atom is -0.338 e. The average Bonchev–Trinajstić information content (AvgIpc) is 2.99. The van der Waals surface area contributed by atoms with Gasteiger partial charge in [-0.05, 0) is 32.4 Å². The number of nitrogens with zero attached hydrogens (tertiary/aromatic N) is 4. The zero-order valence-electron chi connectivity index (χ0n) is 10.5. The highest BCUT2D eigenvalue weighted by molar-refractivity contribution is 5.41. The molecule has 6 heteroatoms. The molecule has 3 rings (SSSR count). The maximum Gasteiger partial charge on any atom is 0.240 e. The summed E-state index contributed by atoms with van der Waals surface area (Å²) in [6.07, 6.45) is 4.50. The third kappa shape index (κ3) is 1.88. The molecule has 1 unspecified atom stereocenters. The largest absolute Gasteiger partial charge is 0.338 e. The molecule has 0 saturated carbocycles. The van der Waals surface area contributed by atoms with Gasteiger partial charge in [-0.15, -0.1) is 0 Å². The summed E-state index contributed by atoms with van der Waals surface area (Å²) >= 11 is 0. The summed E-state index contributed by atoms with van der Waals surface area (Å²) in [5.74, 6) is 1.62. The molecule has 0 amide bonds. The Morgan fingerprint density at radius 2 is 2.06 bits per heavy atom. The average molecular weight is 245 g/mol. The van der Waals surface area contributed by atoms with Crippen LogP contribution in [-0.2, 0) is 5.41 Å². The first-order valence-corrected chi connectivity index (χ1v) is 6.01. The van der Waals surface area contributed by atoms with Gasteiger partial charge in [0.05, 0.1) is 5.41 Å². The normalized spacial score (nSPS) is 23.4. The van der Waals surface area contributed by atoms with Crippen molar-refractivity contribution in [3.63, 3.8) is 0 Å². The van der Waals surface area contributed by atoms with Crippen molar-refractivity contribution in [2.45, 2.75) is 25.7 Å². The highest BCUT2D eigenvalue weighted by Crippen LogP contribution is 2.29. The van der Waals surface area contributed by atoms with Gasteiger partial charge in [-0.2, -0.15) is 4.98 Å². The highest BCUT2D eigenvalue weighted by atomic mass is 16.5. The second-order valence-electron chi connectivity index (χ2n) is 4.99. The molecule has 18 heavy (non-hydrogen) atoms. The van der Waals surface area contributed by atoms with Gasteiger partial charge in [-0.3, -0.25) is 0 Å². The molecule has 1 N–H and O–H groups in total. The van der Waals surface area contributed by atoms with Gasteiger partial charge in [0.1, 0.15) is 0 Å². The molecule has 0 aromatic carbocycles. The number of nitrogens with one attached hydrogen (secondary N) is 1. The van der Waals surface area contributed by atoms with Crippen molar-refractivity contribution in [3.8, 4) is 11.6 Å². The molecule has 1 aliphatic rings. The Morgan fingerprint density at radius 3 is 2.72 bits per heavy atom. The van der Waals surface area contributed by atoms with Crippen molar-refractivity contribution in [3.05, 3.63) is 23.8 Å². The summed E-state index contributed by atoms with van der Waals surface area (Å²) in [5, 5.41) is 7.28. The van der Waals surface area contributed by atoms with Crippen molar-refractivity contribution in [1.82, 2.24) is 25.4 Å². The molecular weight excluding hydrogens is 230 g/mol. The molecule has 3 heterocycles. The lowest BCUT2D eigenvalue weighted by molar-refractivity contribution is 0.306. The quantitative estimate of drug-likeness (QED) is 0.853. The fourth-order valence-electron chi connectivity index (χ4n) is 2.07. The Bertz CT molecular complexity index is 542. The molecule has 1 atom stereocenters. The van der Waals surface area contributed by atoms with Gasteiger partial charge in [-0.25, -0.2) is 9.97 Å². The predicted octanol–water partition coefficient (Wildman–Crippen LogP) is 1.09. The summed E-state index contributed by atoms with van der Waals surface area (Å²) in [5.41, 5.74) is 0.935. The summed E-state index contributed by atoms with van der Waals surface area (Å²) in [7, 11) is 0. The Balaban J connectivity index is 1.91. The molecule has 0 radical (unpaired) electrons. The maximum absolute atomic E-state index is 5.36.